The van der Waals surface area contributed by atoms with E-state index in [-0.39, 0.29) is 16.2 Å². The normalized spacial score (nSPS) is 10.7. The van der Waals surface area contributed by atoms with Crippen LogP contribution >= 0.6 is 11.8 Å². The standard InChI is InChI=1S/C18H16N2O5S2/c1-27(23,24)14-8-6-13(7-9-14)18(22)25-12-17(21)20-15-4-2-3-5-16(15)26-11-10-19/h2-9H,11-12H2,1H3,(H,20,21). The maximum Gasteiger partial charge on any atom is 0.338 e. The second kappa shape index (κ2) is 9.21. The smallest absolute Gasteiger partial charge is 0.338 e. The van der Waals surface area contributed by atoms with Crippen molar-refractivity contribution in [1.82, 2.24) is 0 Å². The van der Waals surface area contributed by atoms with Crippen LogP contribution in [0.25, 0.3) is 0 Å². The van der Waals surface area contributed by atoms with Gasteiger partial charge in [-0.1, -0.05) is 12.1 Å². The van der Waals surface area contributed by atoms with Crippen molar-refractivity contribution in [2.45, 2.75) is 9.79 Å². The topological polar surface area (TPSA) is 113 Å². The van der Waals surface area contributed by atoms with Gasteiger partial charge < -0.3 is 10.1 Å². The van der Waals surface area contributed by atoms with Gasteiger partial charge in [-0.05, 0) is 36.4 Å². The van der Waals surface area contributed by atoms with Gasteiger partial charge >= 0.3 is 5.97 Å². The number of carbonyl (C=O) groups excluding carboxylic acids is 2. The van der Waals surface area contributed by atoms with Gasteiger partial charge in [0.2, 0.25) is 0 Å². The minimum Gasteiger partial charge on any atom is -0.452 e. The van der Waals surface area contributed by atoms with Gasteiger partial charge in [-0.15, -0.1) is 11.8 Å². The molecule has 0 radical (unpaired) electrons. The molecule has 2 rings (SSSR count). The molecule has 0 saturated heterocycles. The molecule has 2 aromatic carbocycles. The highest BCUT2D eigenvalue weighted by Gasteiger charge is 2.13. The number of nitriles is 1. The van der Waals surface area contributed by atoms with E-state index < -0.39 is 28.3 Å². The van der Waals surface area contributed by atoms with Crippen LogP contribution in [0.2, 0.25) is 0 Å². The van der Waals surface area contributed by atoms with E-state index in [4.69, 9.17) is 10.00 Å². The van der Waals surface area contributed by atoms with E-state index in [0.29, 0.717) is 5.69 Å². The van der Waals surface area contributed by atoms with Crippen LogP contribution in [0.15, 0.2) is 58.3 Å². The number of esters is 1. The third-order valence-electron chi connectivity index (χ3n) is 3.31. The SMILES string of the molecule is CS(=O)(=O)c1ccc(C(=O)OCC(=O)Nc2ccccc2SCC#N)cc1. The Balaban J connectivity index is 1.94. The van der Waals surface area contributed by atoms with Crippen LogP contribution < -0.4 is 5.32 Å². The Bertz CT molecular complexity index is 980. The summed E-state index contributed by atoms with van der Waals surface area (Å²) >= 11 is 1.28. The van der Waals surface area contributed by atoms with Crippen LogP contribution in [0.4, 0.5) is 5.69 Å². The average molecular weight is 404 g/mol. The van der Waals surface area contributed by atoms with Gasteiger partial charge in [0, 0.05) is 11.2 Å². The summed E-state index contributed by atoms with van der Waals surface area (Å²) < 4.78 is 27.8. The predicted molar refractivity (Wildman–Crippen MR) is 101 cm³/mol. The lowest BCUT2D eigenvalue weighted by Gasteiger charge is -2.10. The molecule has 0 unspecified atom stereocenters. The van der Waals surface area contributed by atoms with Crippen LogP contribution in [-0.2, 0) is 19.4 Å². The molecule has 2 aromatic rings. The second-order valence-corrected chi connectivity index (χ2v) is 8.40. The van der Waals surface area contributed by atoms with Gasteiger partial charge in [0.05, 0.1) is 28.0 Å². The second-order valence-electron chi connectivity index (χ2n) is 5.36. The molecule has 0 saturated carbocycles. The average Bonchev–Trinajstić information content (AvgIpc) is 2.65. The molecular weight excluding hydrogens is 388 g/mol. The molecule has 0 aliphatic carbocycles. The highest BCUT2D eigenvalue weighted by atomic mass is 32.2. The number of hydrogen-bond acceptors (Lipinski definition) is 7. The molecule has 0 spiro atoms. The van der Waals surface area contributed by atoms with Crippen LogP contribution in [0.1, 0.15) is 10.4 Å². The molecule has 0 bridgehead atoms. The minimum atomic E-state index is -3.35. The number of para-hydroxylation sites is 1. The van der Waals surface area contributed by atoms with E-state index in [9.17, 15) is 18.0 Å². The lowest BCUT2D eigenvalue weighted by molar-refractivity contribution is -0.119. The van der Waals surface area contributed by atoms with Crippen LogP contribution in [0, 0.1) is 11.3 Å². The Morgan fingerprint density at radius 1 is 1.15 bits per heavy atom. The third kappa shape index (κ3) is 6.13. The molecule has 27 heavy (non-hydrogen) atoms. The van der Waals surface area contributed by atoms with Crippen molar-refractivity contribution >= 4 is 39.2 Å². The largest absolute Gasteiger partial charge is 0.452 e. The summed E-state index contributed by atoms with van der Waals surface area (Å²) in [7, 11) is -3.35. The number of rotatable bonds is 7. The van der Waals surface area contributed by atoms with Crippen molar-refractivity contribution in [1.29, 1.82) is 5.26 Å². The number of carbonyl (C=O) groups is 2. The van der Waals surface area contributed by atoms with Crippen LogP contribution in [0.3, 0.4) is 0 Å². The van der Waals surface area contributed by atoms with E-state index in [1.807, 2.05) is 6.07 Å². The first-order chi connectivity index (χ1) is 12.8. The zero-order valence-electron chi connectivity index (χ0n) is 14.3. The van der Waals surface area contributed by atoms with E-state index in [1.165, 1.54) is 36.0 Å². The Labute approximate surface area is 161 Å². The minimum absolute atomic E-state index is 0.0864. The van der Waals surface area contributed by atoms with Gasteiger partial charge in [-0.2, -0.15) is 5.26 Å². The van der Waals surface area contributed by atoms with Crippen molar-refractivity contribution < 1.29 is 22.7 Å². The summed E-state index contributed by atoms with van der Waals surface area (Å²) in [6.07, 6.45) is 1.07. The molecule has 0 aliphatic heterocycles. The molecule has 0 aliphatic rings. The maximum absolute atomic E-state index is 12.0. The van der Waals surface area contributed by atoms with E-state index in [0.717, 1.165) is 11.2 Å². The fraction of sp³-hybridized carbons (Fsp3) is 0.167. The van der Waals surface area contributed by atoms with E-state index in [2.05, 4.69) is 5.32 Å². The number of anilines is 1. The number of hydrogen-bond donors (Lipinski definition) is 1. The molecule has 0 aromatic heterocycles. The summed E-state index contributed by atoms with van der Waals surface area (Å²) in [6, 6.07) is 14.2. The predicted octanol–water partition coefficient (Wildman–Crippen LogP) is 2.50. The Morgan fingerprint density at radius 3 is 2.44 bits per heavy atom. The van der Waals surface area contributed by atoms with Gasteiger partial charge in [0.15, 0.2) is 16.4 Å². The fourth-order valence-corrected chi connectivity index (χ4v) is 3.34. The van der Waals surface area contributed by atoms with Gasteiger partial charge in [-0.25, -0.2) is 13.2 Å². The molecule has 0 atom stereocenters. The number of amides is 1. The number of thioether (sulfide) groups is 1. The Morgan fingerprint density at radius 2 is 1.81 bits per heavy atom. The molecular formula is C18H16N2O5S2. The van der Waals surface area contributed by atoms with E-state index >= 15 is 0 Å². The van der Waals surface area contributed by atoms with Crippen LogP contribution in [-0.4, -0.2) is 38.9 Å². The van der Waals surface area contributed by atoms with Crippen molar-refractivity contribution in [3.63, 3.8) is 0 Å². The number of nitrogens with zero attached hydrogens (tertiary/aromatic N) is 1. The summed E-state index contributed by atoms with van der Waals surface area (Å²) in [5.41, 5.74) is 0.663. The number of benzene rings is 2. The van der Waals surface area contributed by atoms with Crippen molar-refractivity contribution in [2.24, 2.45) is 0 Å². The summed E-state index contributed by atoms with van der Waals surface area (Å²) in [4.78, 5) is 24.8. The molecule has 1 N–H and O–H groups in total. The Kier molecular flexibility index (Phi) is 6.98. The number of nitrogens with one attached hydrogen (secondary N) is 1. The molecule has 1 amide bonds. The quantitative estimate of drug-likeness (QED) is 0.557. The third-order valence-corrected chi connectivity index (χ3v) is 5.37. The number of sulfone groups is 1. The zero-order chi connectivity index (χ0) is 19.9. The highest BCUT2D eigenvalue weighted by molar-refractivity contribution is 7.99. The lowest BCUT2D eigenvalue weighted by atomic mass is 10.2. The molecule has 7 nitrogen and oxygen atoms in total. The summed E-state index contributed by atoms with van der Waals surface area (Å²) in [6.45, 7) is -0.496. The zero-order valence-corrected chi connectivity index (χ0v) is 16.0. The van der Waals surface area contributed by atoms with Crippen molar-refractivity contribution in [2.75, 3.05) is 23.9 Å². The van der Waals surface area contributed by atoms with Gasteiger partial charge in [-0.3, -0.25) is 4.79 Å². The molecule has 140 valence electrons. The monoisotopic (exact) mass is 404 g/mol. The van der Waals surface area contributed by atoms with Crippen molar-refractivity contribution in [3.05, 3.63) is 54.1 Å². The summed E-state index contributed by atoms with van der Waals surface area (Å²) in [5.74, 6) is -1.02. The first-order valence-electron chi connectivity index (χ1n) is 7.67. The molecule has 0 fully saturated rings. The Hall–Kier alpha value is -2.83. The first-order valence-corrected chi connectivity index (χ1v) is 10.5. The van der Waals surface area contributed by atoms with Gasteiger partial charge in [0.25, 0.3) is 5.91 Å². The van der Waals surface area contributed by atoms with Crippen molar-refractivity contribution in [3.8, 4) is 6.07 Å². The highest BCUT2D eigenvalue weighted by Crippen LogP contribution is 2.26. The summed E-state index contributed by atoms with van der Waals surface area (Å²) in [5, 5.41) is 11.3. The molecule has 0 heterocycles. The van der Waals surface area contributed by atoms with Gasteiger partial charge in [0.1, 0.15) is 0 Å². The fourth-order valence-electron chi connectivity index (χ4n) is 2.04. The molecule has 9 heteroatoms. The first kappa shape index (κ1) is 20.5. The number of ether oxygens (including phenoxy) is 1. The maximum atomic E-state index is 12.0. The lowest BCUT2D eigenvalue weighted by Crippen LogP contribution is -2.21. The van der Waals surface area contributed by atoms with E-state index in [1.54, 1.807) is 24.3 Å². The van der Waals surface area contributed by atoms with Crippen LogP contribution in [0.5, 0.6) is 0 Å².